The van der Waals surface area contributed by atoms with Crippen molar-refractivity contribution in [3.63, 3.8) is 0 Å². The van der Waals surface area contributed by atoms with Gasteiger partial charge in [-0.15, -0.1) is 0 Å². The molecule has 2 aliphatic rings. The third kappa shape index (κ3) is 4.25. The number of piperidine rings is 1. The van der Waals surface area contributed by atoms with Crippen molar-refractivity contribution in [2.24, 2.45) is 17.8 Å². The first kappa shape index (κ1) is 20.6. The fraction of sp³-hybridized carbons (Fsp3) is 0.565. The Bertz CT molecular complexity index is 999. The maximum absolute atomic E-state index is 12.6. The molecule has 4 rings (SSSR count). The van der Waals surface area contributed by atoms with Crippen molar-refractivity contribution in [1.82, 2.24) is 20.2 Å². The predicted molar refractivity (Wildman–Crippen MR) is 115 cm³/mol. The van der Waals surface area contributed by atoms with Gasteiger partial charge in [0.05, 0.1) is 17.2 Å². The Balaban J connectivity index is 1.33. The van der Waals surface area contributed by atoms with Gasteiger partial charge in [0.2, 0.25) is 11.8 Å². The molecule has 2 N–H and O–H groups in total. The SMILES string of the molecule is CC(C)C1CC(=O)NC2CC(NC(=O)CCn3cnc4ccccc4c3=O)CCC21. The normalized spacial score (nSPS) is 26.3. The van der Waals surface area contributed by atoms with Gasteiger partial charge in [0.25, 0.3) is 5.56 Å². The zero-order valence-electron chi connectivity index (χ0n) is 17.6. The lowest BCUT2D eigenvalue weighted by Crippen LogP contribution is -2.56. The molecule has 2 heterocycles. The molecule has 1 aliphatic heterocycles. The number of hydrogen-bond donors (Lipinski definition) is 2. The van der Waals surface area contributed by atoms with Crippen LogP contribution in [0.1, 0.15) is 46.0 Å². The molecule has 2 aromatic rings. The lowest BCUT2D eigenvalue weighted by molar-refractivity contribution is -0.128. The third-order valence-corrected chi connectivity index (χ3v) is 6.75. The number of rotatable bonds is 5. The molecule has 1 saturated carbocycles. The zero-order valence-corrected chi connectivity index (χ0v) is 17.6. The number of carbonyl (C=O) groups excluding carboxylic acids is 2. The Morgan fingerprint density at radius 3 is 2.87 bits per heavy atom. The van der Waals surface area contributed by atoms with Crippen molar-refractivity contribution in [2.45, 2.75) is 64.6 Å². The minimum absolute atomic E-state index is 0.0661. The smallest absolute Gasteiger partial charge is 0.261 e. The van der Waals surface area contributed by atoms with Crippen molar-refractivity contribution >= 4 is 22.7 Å². The minimum Gasteiger partial charge on any atom is -0.353 e. The molecule has 2 fully saturated rings. The van der Waals surface area contributed by atoms with Crippen molar-refractivity contribution in [3.8, 4) is 0 Å². The van der Waals surface area contributed by atoms with Gasteiger partial charge in [-0.25, -0.2) is 4.98 Å². The summed E-state index contributed by atoms with van der Waals surface area (Å²) in [5.41, 5.74) is 0.535. The summed E-state index contributed by atoms with van der Waals surface area (Å²) in [5, 5.41) is 6.82. The molecule has 160 valence electrons. The number of hydrogen-bond acceptors (Lipinski definition) is 4. The van der Waals surface area contributed by atoms with E-state index in [1.165, 1.54) is 10.9 Å². The quantitative estimate of drug-likeness (QED) is 0.791. The molecule has 1 aromatic carbocycles. The first-order chi connectivity index (χ1) is 14.4. The first-order valence-electron chi connectivity index (χ1n) is 10.9. The maximum atomic E-state index is 12.6. The summed E-state index contributed by atoms with van der Waals surface area (Å²) < 4.78 is 1.49. The van der Waals surface area contributed by atoms with E-state index in [1.54, 1.807) is 12.1 Å². The second-order valence-electron chi connectivity index (χ2n) is 9.04. The number of aryl methyl sites for hydroxylation is 1. The van der Waals surface area contributed by atoms with Crippen LogP contribution in [0.4, 0.5) is 0 Å². The van der Waals surface area contributed by atoms with Crippen LogP contribution in [-0.2, 0) is 16.1 Å². The summed E-state index contributed by atoms with van der Waals surface area (Å²) in [5.74, 6) is 1.47. The van der Waals surface area contributed by atoms with E-state index < -0.39 is 0 Å². The Hall–Kier alpha value is -2.70. The summed E-state index contributed by atoms with van der Waals surface area (Å²) in [4.78, 5) is 41.5. The van der Waals surface area contributed by atoms with Crippen LogP contribution in [0, 0.1) is 17.8 Å². The topological polar surface area (TPSA) is 93.1 Å². The molecule has 4 unspecified atom stereocenters. The number of aromatic nitrogens is 2. The van der Waals surface area contributed by atoms with Crippen molar-refractivity contribution in [2.75, 3.05) is 0 Å². The minimum atomic E-state index is -0.126. The monoisotopic (exact) mass is 410 g/mol. The number of amides is 2. The van der Waals surface area contributed by atoms with E-state index in [9.17, 15) is 14.4 Å². The molecule has 2 amide bonds. The highest BCUT2D eigenvalue weighted by atomic mass is 16.2. The second kappa shape index (κ2) is 8.58. The highest BCUT2D eigenvalue weighted by Gasteiger charge is 2.41. The van der Waals surface area contributed by atoms with Crippen molar-refractivity contribution in [3.05, 3.63) is 40.9 Å². The molecule has 1 aromatic heterocycles. The third-order valence-electron chi connectivity index (χ3n) is 6.75. The van der Waals surface area contributed by atoms with Gasteiger partial charge in [0, 0.05) is 31.5 Å². The number of nitrogens with one attached hydrogen (secondary N) is 2. The van der Waals surface area contributed by atoms with Crippen molar-refractivity contribution < 1.29 is 9.59 Å². The average molecular weight is 411 g/mol. The number of nitrogens with zero attached hydrogens (tertiary/aromatic N) is 2. The van der Waals surface area contributed by atoms with Gasteiger partial charge in [-0.05, 0) is 49.1 Å². The van der Waals surface area contributed by atoms with Crippen LogP contribution < -0.4 is 16.2 Å². The summed E-state index contributed by atoms with van der Waals surface area (Å²) >= 11 is 0. The van der Waals surface area contributed by atoms with Gasteiger partial charge in [0.1, 0.15) is 0 Å². The molecule has 0 bridgehead atoms. The summed E-state index contributed by atoms with van der Waals surface area (Å²) in [7, 11) is 0. The second-order valence-corrected chi connectivity index (χ2v) is 9.04. The standard InChI is InChI=1S/C23H30N4O3/c1-14(2)18-12-22(29)26-20-11-15(7-8-16(18)20)25-21(28)9-10-27-13-24-19-6-4-3-5-17(19)23(27)30/h3-6,13-16,18,20H,7-12H2,1-2H3,(H,25,28)(H,26,29). The Labute approximate surface area is 176 Å². The fourth-order valence-electron chi connectivity index (χ4n) is 5.15. The van der Waals surface area contributed by atoms with E-state index in [1.807, 2.05) is 12.1 Å². The van der Waals surface area contributed by atoms with Crippen LogP contribution in [-0.4, -0.2) is 33.4 Å². The van der Waals surface area contributed by atoms with Gasteiger partial charge in [0.15, 0.2) is 0 Å². The molecular weight excluding hydrogens is 380 g/mol. The predicted octanol–water partition coefficient (Wildman–Crippen LogP) is 2.23. The molecule has 7 heteroatoms. The van der Waals surface area contributed by atoms with Crippen LogP contribution in [0.15, 0.2) is 35.4 Å². The van der Waals surface area contributed by atoms with E-state index in [2.05, 4.69) is 29.5 Å². The molecular formula is C23H30N4O3. The molecule has 0 radical (unpaired) electrons. The summed E-state index contributed by atoms with van der Waals surface area (Å²) in [6, 6.07) is 7.42. The molecule has 1 saturated heterocycles. The van der Waals surface area contributed by atoms with E-state index in [4.69, 9.17) is 0 Å². The lowest BCUT2D eigenvalue weighted by Gasteiger charge is -2.45. The molecule has 0 spiro atoms. The summed E-state index contributed by atoms with van der Waals surface area (Å²) in [6.45, 7) is 4.68. The van der Waals surface area contributed by atoms with E-state index >= 15 is 0 Å². The first-order valence-corrected chi connectivity index (χ1v) is 10.9. The zero-order chi connectivity index (χ0) is 21.3. The molecule has 7 nitrogen and oxygen atoms in total. The van der Waals surface area contributed by atoms with E-state index in [0.717, 1.165) is 19.3 Å². The Kier molecular flexibility index (Phi) is 5.88. The largest absolute Gasteiger partial charge is 0.353 e. The van der Waals surface area contributed by atoms with Crippen LogP contribution in [0.25, 0.3) is 10.9 Å². The average Bonchev–Trinajstić information content (AvgIpc) is 2.72. The fourth-order valence-corrected chi connectivity index (χ4v) is 5.15. The Morgan fingerprint density at radius 1 is 1.27 bits per heavy atom. The maximum Gasteiger partial charge on any atom is 0.261 e. The van der Waals surface area contributed by atoms with Crippen LogP contribution in [0.2, 0.25) is 0 Å². The lowest BCUT2D eigenvalue weighted by atomic mass is 9.67. The van der Waals surface area contributed by atoms with Gasteiger partial charge in [-0.3, -0.25) is 19.0 Å². The Morgan fingerprint density at radius 2 is 2.07 bits per heavy atom. The number of fused-ring (bicyclic) bond motifs is 2. The molecule has 4 atom stereocenters. The van der Waals surface area contributed by atoms with E-state index in [-0.39, 0.29) is 35.9 Å². The van der Waals surface area contributed by atoms with Crippen LogP contribution in [0.3, 0.4) is 0 Å². The van der Waals surface area contributed by atoms with Gasteiger partial charge in [-0.1, -0.05) is 26.0 Å². The highest BCUT2D eigenvalue weighted by Crippen LogP contribution is 2.39. The van der Waals surface area contributed by atoms with Crippen molar-refractivity contribution in [1.29, 1.82) is 0 Å². The van der Waals surface area contributed by atoms with Crippen LogP contribution >= 0.6 is 0 Å². The summed E-state index contributed by atoms with van der Waals surface area (Å²) in [6.07, 6.45) is 5.09. The molecule has 1 aliphatic carbocycles. The number of carbonyl (C=O) groups is 2. The highest BCUT2D eigenvalue weighted by molar-refractivity contribution is 5.78. The van der Waals surface area contributed by atoms with E-state index in [0.29, 0.717) is 41.6 Å². The van der Waals surface area contributed by atoms with Crippen LogP contribution in [0.5, 0.6) is 0 Å². The number of benzene rings is 1. The van der Waals surface area contributed by atoms with Gasteiger partial charge >= 0.3 is 0 Å². The van der Waals surface area contributed by atoms with Gasteiger partial charge < -0.3 is 10.6 Å². The van der Waals surface area contributed by atoms with Gasteiger partial charge in [-0.2, -0.15) is 0 Å². The number of para-hydroxylation sites is 1. The molecule has 30 heavy (non-hydrogen) atoms.